The van der Waals surface area contributed by atoms with Crippen molar-refractivity contribution in [2.45, 2.75) is 51.9 Å². The van der Waals surface area contributed by atoms with Crippen LogP contribution >= 0.6 is 11.3 Å². The Bertz CT molecular complexity index is 333. The SMILES string of the molecule is CCCC1CCC(CNC)C(CCc2ccsc2)C1. The fraction of sp³-hybridized carbons (Fsp3) is 0.765. The van der Waals surface area contributed by atoms with Crippen LogP contribution in [0.4, 0.5) is 0 Å². The molecule has 3 unspecified atom stereocenters. The molecule has 1 heterocycles. The van der Waals surface area contributed by atoms with Gasteiger partial charge in [-0.3, -0.25) is 0 Å². The number of rotatable bonds is 7. The van der Waals surface area contributed by atoms with E-state index in [1.807, 2.05) is 11.3 Å². The van der Waals surface area contributed by atoms with Gasteiger partial charge in [0.05, 0.1) is 0 Å². The number of nitrogens with one attached hydrogen (secondary N) is 1. The minimum atomic E-state index is 0.914. The van der Waals surface area contributed by atoms with Crippen molar-refractivity contribution in [1.82, 2.24) is 5.32 Å². The molecule has 0 aromatic carbocycles. The molecule has 108 valence electrons. The average Bonchev–Trinajstić information content (AvgIpc) is 2.92. The zero-order chi connectivity index (χ0) is 13.5. The minimum Gasteiger partial charge on any atom is -0.319 e. The second kappa shape index (κ2) is 8.06. The largest absolute Gasteiger partial charge is 0.319 e. The summed E-state index contributed by atoms with van der Waals surface area (Å²) in [5, 5.41) is 7.94. The molecule has 1 nitrogen and oxygen atoms in total. The first kappa shape index (κ1) is 15.1. The van der Waals surface area contributed by atoms with Crippen LogP contribution in [0.2, 0.25) is 0 Å². The molecular formula is C17H29NS. The van der Waals surface area contributed by atoms with Crippen LogP contribution in [-0.4, -0.2) is 13.6 Å². The molecule has 1 aliphatic rings. The molecule has 0 bridgehead atoms. The van der Waals surface area contributed by atoms with Crippen LogP contribution in [0.1, 0.15) is 51.0 Å². The first-order valence-electron chi connectivity index (χ1n) is 7.99. The van der Waals surface area contributed by atoms with Crippen molar-refractivity contribution in [3.05, 3.63) is 22.4 Å². The topological polar surface area (TPSA) is 12.0 Å². The van der Waals surface area contributed by atoms with Crippen molar-refractivity contribution < 1.29 is 0 Å². The van der Waals surface area contributed by atoms with E-state index in [9.17, 15) is 0 Å². The zero-order valence-corrected chi connectivity index (χ0v) is 13.3. The molecule has 19 heavy (non-hydrogen) atoms. The van der Waals surface area contributed by atoms with E-state index in [0.29, 0.717) is 0 Å². The van der Waals surface area contributed by atoms with Gasteiger partial charge in [-0.15, -0.1) is 0 Å². The highest BCUT2D eigenvalue weighted by Crippen LogP contribution is 2.38. The van der Waals surface area contributed by atoms with E-state index in [1.54, 1.807) is 5.56 Å². The standard InChI is InChI=1S/C17H29NS/c1-3-4-14-5-8-17(12-18-2)16(11-14)7-6-15-9-10-19-13-15/h9-10,13-14,16-18H,3-8,11-12H2,1-2H3. The molecule has 1 aliphatic carbocycles. The maximum atomic E-state index is 3.41. The van der Waals surface area contributed by atoms with Gasteiger partial charge in [-0.2, -0.15) is 11.3 Å². The van der Waals surface area contributed by atoms with E-state index in [4.69, 9.17) is 0 Å². The summed E-state index contributed by atoms with van der Waals surface area (Å²) in [4.78, 5) is 0. The Balaban J connectivity index is 1.87. The molecule has 0 radical (unpaired) electrons. The minimum absolute atomic E-state index is 0.914. The van der Waals surface area contributed by atoms with Crippen molar-refractivity contribution in [3.63, 3.8) is 0 Å². The van der Waals surface area contributed by atoms with Crippen molar-refractivity contribution >= 4 is 11.3 Å². The summed E-state index contributed by atoms with van der Waals surface area (Å²) in [5.74, 6) is 2.86. The van der Waals surface area contributed by atoms with E-state index >= 15 is 0 Å². The summed E-state index contributed by atoms with van der Waals surface area (Å²) in [7, 11) is 2.11. The van der Waals surface area contributed by atoms with Gasteiger partial charge in [-0.1, -0.05) is 26.2 Å². The highest BCUT2D eigenvalue weighted by Gasteiger charge is 2.29. The lowest BCUT2D eigenvalue weighted by Crippen LogP contribution is -2.32. The Kier molecular flexibility index (Phi) is 6.39. The summed E-state index contributed by atoms with van der Waals surface area (Å²) < 4.78 is 0. The van der Waals surface area contributed by atoms with Crippen molar-refractivity contribution in [1.29, 1.82) is 0 Å². The molecule has 1 N–H and O–H groups in total. The molecule has 2 rings (SSSR count). The molecule has 0 amide bonds. The molecule has 1 aromatic heterocycles. The Labute approximate surface area is 122 Å². The Morgan fingerprint density at radius 2 is 2.16 bits per heavy atom. The lowest BCUT2D eigenvalue weighted by atomic mass is 9.71. The normalized spacial score (nSPS) is 27.6. The molecule has 0 aliphatic heterocycles. The average molecular weight is 279 g/mol. The predicted octanol–water partition coefficient (Wildman–Crippen LogP) is 4.73. The molecule has 1 fully saturated rings. The number of hydrogen-bond acceptors (Lipinski definition) is 2. The third kappa shape index (κ3) is 4.61. The third-order valence-electron chi connectivity index (χ3n) is 4.80. The van der Waals surface area contributed by atoms with E-state index < -0.39 is 0 Å². The van der Waals surface area contributed by atoms with E-state index in [1.165, 1.54) is 51.5 Å². The Morgan fingerprint density at radius 3 is 2.84 bits per heavy atom. The van der Waals surface area contributed by atoms with Gasteiger partial charge in [-0.25, -0.2) is 0 Å². The molecule has 0 spiro atoms. The lowest BCUT2D eigenvalue weighted by molar-refractivity contribution is 0.162. The molecule has 2 heteroatoms. The van der Waals surface area contributed by atoms with Crippen LogP contribution in [0.3, 0.4) is 0 Å². The second-order valence-electron chi connectivity index (χ2n) is 6.22. The van der Waals surface area contributed by atoms with Crippen molar-refractivity contribution in [2.24, 2.45) is 17.8 Å². The summed E-state index contributed by atoms with van der Waals surface area (Å²) in [6.07, 6.45) is 9.87. The predicted molar refractivity (Wildman–Crippen MR) is 85.8 cm³/mol. The number of thiophene rings is 1. The smallest absolute Gasteiger partial charge is 0.00209 e. The first-order valence-corrected chi connectivity index (χ1v) is 8.93. The first-order chi connectivity index (χ1) is 9.33. The molecular weight excluding hydrogens is 250 g/mol. The van der Waals surface area contributed by atoms with Gasteiger partial charge in [0, 0.05) is 0 Å². The van der Waals surface area contributed by atoms with Crippen molar-refractivity contribution in [2.75, 3.05) is 13.6 Å². The highest BCUT2D eigenvalue weighted by molar-refractivity contribution is 7.07. The van der Waals surface area contributed by atoms with E-state index in [0.717, 1.165) is 17.8 Å². The van der Waals surface area contributed by atoms with Crippen LogP contribution in [-0.2, 0) is 6.42 Å². The van der Waals surface area contributed by atoms with Gasteiger partial charge in [0.1, 0.15) is 0 Å². The summed E-state index contributed by atoms with van der Waals surface area (Å²) in [6.45, 7) is 3.55. The van der Waals surface area contributed by atoms with Gasteiger partial charge in [0.2, 0.25) is 0 Å². The van der Waals surface area contributed by atoms with Gasteiger partial charge in [0.15, 0.2) is 0 Å². The van der Waals surface area contributed by atoms with Crippen LogP contribution in [0.15, 0.2) is 16.8 Å². The maximum absolute atomic E-state index is 3.41. The lowest BCUT2D eigenvalue weighted by Gasteiger charge is -2.36. The molecule has 3 atom stereocenters. The van der Waals surface area contributed by atoms with E-state index in [2.05, 4.69) is 36.1 Å². The fourth-order valence-electron chi connectivity index (χ4n) is 3.77. The Hall–Kier alpha value is -0.340. The maximum Gasteiger partial charge on any atom is -0.00209 e. The quantitative estimate of drug-likeness (QED) is 0.760. The number of aryl methyl sites for hydroxylation is 1. The van der Waals surface area contributed by atoms with E-state index in [-0.39, 0.29) is 0 Å². The molecule has 0 saturated heterocycles. The van der Waals surface area contributed by atoms with Gasteiger partial charge < -0.3 is 5.32 Å². The van der Waals surface area contributed by atoms with Gasteiger partial charge >= 0.3 is 0 Å². The van der Waals surface area contributed by atoms with Gasteiger partial charge in [0.25, 0.3) is 0 Å². The monoisotopic (exact) mass is 279 g/mol. The van der Waals surface area contributed by atoms with Crippen molar-refractivity contribution in [3.8, 4) is 0 Å². The van der Waals surface area contributed by atoms with Crippen LogP contribution < -0.4 is 5.32 Å². The summed E-state index contributed by atoms with van der Waals surface area (Å²) in [6, 6.07) is 2.30. The summed E-state index contributed by atoms with van der Waals surface area (Å²) >= 11 is 1.83. The highest BCUT2D eigenvalue weighted by atomic mass is 32.1. The fourth-order valence-corrected chi connectivity index (χ4v) is 4.47. The van der Waals surface area contributed by atoms with Crippen LogP contribution in [0.25, 0.3) is 0 Å². The zero-order valence-electron chi connectivity index (χ0n) is 12.5. The second-order valence-corrected chi connectivity index (χ2v) is 7.00. The Morgan fingerprint density at radius 1 is 1.26 bits per heavy atom. The summed E-state index contributed by atoms with van der Waals surface area (Å²) in [5.41, 5.74) is 1.55. The molecule has 1 aromatic rings. The number of hydrogen-bond donors (Lipinski definition) is 1. The third-order valence-corrected chi connectivity index (χ3v) is 5.53. The van der Waals surface area contributed by atoms with Crippen LogP contribution in [0.5, 0.6) is 0 Å². The van der Waals surface area contributed by atoms with Crippen LogP contribution in [0, 0.1) is 17.8 Å². The van der Waals surface area contributed by atoms with Gasteiger partial charge in [-0.05, 0) is 79.4 Å². The molecule has 1 saturated carbocycles.